The minimum Gasteiger partial charge on any atom is -0.478 e. The number of aromatic carboxylic acids is 1. The number of nitrogens with one attached hydrogen (secondary N) is 1. The summed E-state index contributed by atoms with van der Waals surface area (Å²) in [7, 11) is 0. The van der Waals surface area contributed by atoms with E-state index in [0.29, 0.717) is 24.1 Å². The molecule has 0 aromatic heterocycles. The number of amides is 1. The van der Waals surface area contributed by atoms with Gasteiger partial charge in [0.15, 0.2) is 0 Å². The molecule has 0 bridgehead atoms. The minimum atomic E-state index is -1.01. The number of carboxylic acid groups (broad SMARTS) is 1. The zero-order valence-corrected chi connectivity index (χ0v) is 14.0. The van der Waals surface area contributed by atoms with E-state index in [1.807, 2.05) is 0 Å². The largest absolute Gasteiger partial charge is 0.478 e. The maximum Gasteiger partial charge on any atom is 0.335 e. The summed E-state index contributed by atoms with van der Waals surface area (Å²) in [4.78, 5) is 25.9. The van der Waals surface area contributed by atoms with Crippen LogP contribution in [-0.2, 0) is 0 Å². The molecule has 1 amide bonds. The maximum absolute atomic E-state index is 12.2. The van der Waals surface area contributed by atoms with Crippen molar-refractivity contribution in [3.63, 3.8) is 0 Å². The second-order valence-corrected chi connectivity index (χ2v) is 6.93. The van der Waals surface area contributed by atoms with E-state index in [1.54, 1.807) is 12.1 Å². The van der Waals surface area contributed by atoms with Crippen molar-refractivity contribution in [2.75, 3.05) is 19.6 Å². The fourth-order valence-electron chi connectivity index (χ4n) is 4.18. The molecule has 0 spiro atoms. The van der Waals surface area contributed by atoms with Crippen molar-refractivity contribution in [2.24, 2.45) is 5.92 Å². The zero-order chi connectivity index (χ0) is 16.9. The van der Waals surface area contributed by atoms with Crippen molar-refractivity contribution >= 4 is 11.9 Å². The van der Waals surface area contributed by atoms with Crippen LogP contribution in [0.1, 0.15) is 59.2 Å². The first-order valence-corrected chi connectivity index (χ1v) is 9.01. The van der Waals surface area contributed by atoms with E-state index in [1.165, 1.54) is 57.3 Å². The van der Waals surface area contributed by atoms with Crippen molar-refractivity contribution in [3.8, 4) is 0 Å². The molecule has 5 nitrogen and oxygen atoms in total. The summed E-state index contributed by atoms with van der Waals surface area (Å²) >= 11 is 0. The van der Waals surface area contributed by atoms with E-state index in [9.17, 15) is 9.59 Å². The van der Waals surface area contributed by atoms with Gasteiger partial charge in [-0.1, -0.05) is 12.5 Å². The SMILES string of the molecule is O=C(O)c1cccc(C(=O)NCCC2CCCN3CCCC[C@@H]23)c1. The molecular formula is C19H26N2O3. The van der Waals surface area contributed by atoms with Crippen molar-refractivity contribution in [2.45, 2.75) is 44.6 Å². The molecule has 24 heavy (non-hydrogen) atoms. The first-order chi connectivity index (χ1) is 11.6. The van der Waals surface area contributed by atoms with Crippen LogP contribution >= 0.6 is 0 Å². The Hall–Kier alpha value is -1.88. The topological polar surface area (TPSA) is 69.6 Å². The number of hydrogen-bond donors (Lipinski definition) is 2. The van der Waals surface area contributed by atoms with Crippen LogP contribution in [0.3, 0.4) is 0 Å². The molecule has 5 heteroatoms. The van der Waals surface area contributed by atoms with Gasteiger partial charge in [-0.25, -0.2) is 4.79 Å². The number of fused-ring (bicyclic) bond motifs is 1. The average molecular weight is 330 g/mol. The van der Waals surface area contributed by atoms with Crippen molar-refractivity contribution in [1.29, 1.82) is 0 Å². The molecular weight excluding hydrogens is 304 g/mol. The highest BCUT2D eigenvalue weighted by Gasteiger charge is 2.32. The third-order valence-electron chi connectivity index (χ3n) is 5.40. The van der Waals surface area contributed by atoms with Crippen LogP contribution in [0.15, 0.2) is 24.3 Å². The summed E-state index contributed by atoms with van der Waals surface area (Å²) < 4.78 is 0. The molecule has 2 aliphatic heterocycles. The highest BCUT2D eigenvalue weighted by atomic mass is 16.4. The molecule has 1 aromatic rings. The highest BCUT2D eigenvalue weighted by molar-refractivity contribution is 5.97. The number of carboxylic acids is 1. The van der Waals surface area contributed by atoms with E-state index in [2.05, 4.69) is 10.2 Å². The summed E-state index contributed by atoms with van der Waals surface area (Å²) in [5.41, 5.74) is 0.561. The predicted octanol–water partition coefficient (Wildman–Crippen LogP) is 2.77. The van der Waals surface area contributed by atoms with Crippen LogP contribution in [0.5, 0.6) is 0 Å². The molecule has 2 fully saturated rings. The first kappa shape index (κ1) is 17.0. The van der Waals surface area contributed by atoms with Crippen LogP contribution in [-0.4, -0.2) is 47.6 Å². The molecule has 0 saturated carbocycles. The lowest BCUT2D eigenvalue weighted by molar-refractivity contribution is 0.0554. The lowest BCUT2D eigenvalue weighted by Gasteiger charge is -2.44. The maximum atomic E-state index is 12.2. The number of nitrogens with zero attached hydrogens (tertiary/aromatic N) is 1. The molecule has 2 aliphatic rings. The number of benzene rings is 1. The normalized spacial score (nSPS) is 24.2. The van der Waals surface area contributed by atoms with E-state index in [-0.39, 0.29) is 11.5 Å². The molecule has 2 saturated heterocycles. The number of rotatable bonds is 5. The van der Waals surface area contributed by atoms with Crippen LogP contribution in [0.25, 0.3) is 0 Å². The smallest absolute Gasteiger partial charge is 0.335 e. The van der Waals surface area contributed by atoms with Crippen molar-refractivity contribution in [3.05, 3.63) is 35.4 Å². The Kier molecular flexibility index (Phi) is 5.51. The van der Waals surface area contributed by atoms with Gasteiger partial charge in [0.25, 0.3) is 5.91 Å². The third-order valence-corrected chi connectivity index (χ3v) is 5.40. The Morgan fingerprint density at radius 1 is 1.12 bits per heavy atom. The fourth-order valence-corrected chi connectivity index (χ4v) is 4.18. The van der Waals surface area contributed by atoms with Gasteiger partial charge >= 0.3 is 5.97 Å². The summed E-state index contributed by atoms with van der Waals surface area (Å²) in [6.45, 7) is 3.12. The Balaban J connectivity index is 1.51. The highest BCUT2D eigenvalue weighted by Crippen LogP contribution is 2.32. The van der Waals surface area contributed by atoms with Crippen molar-refractivity contribution in [1.82, 2.24) is 10.2 Å². The Morgan fingerprint density at radius 3 is 2.75 bits per heavy atom. The third kappa shape index (κ3) is 3.96. The van der Waals surface area contributed by atoms with E-state index in [4.69, 9.17) is 5.11 Å². The zero-order valence-electron chi connectivity index (χ0n) is 14.0. The van der Waals surface area contributed by atoms with E-state index in [0.717, 1.165) is 6.42 Å². The quantitative estimate of drug-likeness (QED) is 0.871. The van der Waals surface area contributed by atoms with Crippen LogP contribution in [0.4, 0.5) is 0 Å². The van der Waals surface area contributed by atoms with Crippen molar-refractivity contribution < 1.29 is 14.7 Å². The van der Waals surface area contributed by atoms with Crippen LogP contribution in [0, 0.1) is 5.92 Å². The first-order valence-electron chi connectivity index (χ1n) is 9.01. The molecule has 2 heterocycles. The molecule has 0 aliphatic carbocycles. The van der Waals surface area contributed by atoms with Gasteiger partial charge in [0, 0.05) is 18.2 Å². The average Bonchev–Trinajstić information content (AvgIpc) is 2.62. The van der Waals surface area contributed by atoms with E-state index < -0.39 is 5.97 Å². The summed E-state index contributed by atoms with van der Waals surface area (Å²) in [6, 6.07) is 6.89. The Morgan fingerprint density at radius 2 is 1.92 bits per heavy atom. The van der Waals surface area contributed by atoms with Crippen LogP contribution < -0.4 is 5.32 Å². The molecule has 1 aromatic carbocycles. The second-order valence-electron chi connectivity index (χ2n) is 6.93. The predicted molar refractivity (Wildman–Crippen MR) is 92.3 cm³/mol. The number of piperidine rings is 2. The Bertz CT molecular complexity index is 600. The summed E-state index contributed by atoms with van der Waals surface area (Å²) in [6.07, 6.45) is 7.46. The standard InChI is InChI=1S/C19H26N2O3/c22-18(15-5-3-6-16(13-15)19(23)24)20-10-9-14-7-4-12-21-11-2-1-8-17(14)21/h3,5-6,13-14,17H,1-2,4,7-12H2,(H,20,22)(H,23,24)/t14?,17-/m0/s1. The molecule has 2 N–H and O–H groups in total. The van der Waals surface area contributed by atoms with Gasteiger partial charge in [0.1, 0.15) is 0 Å². The molecule has 1 unspecified atom stereocenters. The van der Waals surface area contributed by atoms with Gasteiger partial charge in [0.2, 0.25) is 0 Å². The van der Waals surface area contributed by atoms with Gasteiger partial charge in [-0.2, -0.15) is 0 Å². The number of hydrogen-bond acceptors (Lipinski definition) is 3. The lowest BCUT2D eigenvalue weighted by atomic mass is 9.81. The van der Waals surface area contributed by atoms with E-state index >= 15 is 0 Å². The van der Waals surface area contributed by atoms with Gasteiger partial charge < -0.3 is 15.3 Å². The summed E-state index contributed by atoms with van der Waals surface area (Å²) in [5, 5.41) is 12.0. The minimum absolute atomic E-state index is 0.146. The molecule has 2 atom stereocenters. The fraction of sp³-hybridized carbons (Fsp3) is 0.579. The molecule has 0 radical (unpaired) electrons. The number of carbonyl (C=O) groups excluding carboxylic acids is 1. The number of carbonyl (C=O) groups is 2. The van der Waals surface area contributed by atoms with Gasteiger partial charge in [0.05, 0.1) is 5.56 Å². The Labute approximate surface area is 143 Å². The second kappa shape index (κ2) is 7.79. The molecule has 130 valence electrons. The van der Waals surface area contributed by atoms with Gasteiger partial charge in [-0.3, -0.25) is 4.79 Å². The summed E-state index contributed by atoms with van der Waals surface area (Å²) in [5.74, 6) is -0.525. The lowest BCUT2D eigenvalue weighted by Crippen LogP contribution is -2.48. The monoisotopic (exact) mass is 330 g/mol. The van der Waals surface area contributed by atoms with Gasteiger partial charge in [-0.15, -0.1) is 0 Å². The van der Waals surface area contributed by atoms with Gasteiger partial charge in [-0.05, 0) is 69.3 Å². The molecule has 3 rings (SSSR count). The van der Waals surface area contributed by atoms with Crippen LogP contribution in [0.2, 0.25) is 0 Å².